The van der Waals surface area contributed by atoms with Gasteiger partial charge in [-0.3, -0.25) is 9.59 Å². The molecule has 1 fully saturated rings. The number of fused-ring (bicyclic) bond motifs is 2. The molecule has 0 unspecified atom stereocenters. The van der Waals surface area contributed by atoms with Crippen molar-refractivity contribution in [2.24, 2.45) is 0 Å². The molecule has 3 aromatic carbocycles. The zero-order valence-electron chi connectivity index (χ0n) is 15.4. The van der Waals surface area contributed by atoms with Crippen molar-refractivity contribution in [1.29, 1.82) is 0 Å². The first-order valence-electron chi connectivity index (χ1n) is 9.41. The highest BCUT2D eigenvalue weighted by Gasteiger charge is 2.38. The molecule has 144 valence electrons. The third-order valence-corrected chi connectivity index (χ3v) is 6.39. The molecule has 0 atom stereocenters. The maximum atomic E-state index is 13.2. The Hall–Kier alpha value is -2.76. The molecule has 29 heavy (non-hydrogen) atoms. The standard InChI is InChI=1S/C23H17ClN2O2S/c24-15-5-3-4-14(12-15)22(27)25-16-8-11-19-21(13-16)29-20-7-2-1-6-18(20)23(28)26(19)17-9-10-17/h1-8,11-13,17H,9-10H2,(H,25,27). The van der Waals surface area contributed by atoms with E-state index in [0.717, 1.165) is 33.9 Å². The normalized spacial score (nSPS) is 15.3. The van der Waals surface area contributed by atoms with Crippen LogP contribution in [0.4, 0.5) is 11.4 Å². The topological polar surface area (TPSA) is 49.4 Å². The van der Waals surface area contributed by atoms with E-state index >= 15 is 0 Å². The molecule has 5 rings (SSSR count). The van der Waals surface area contributed by atoms with E-state index in [9.17, 15) is 9.59 Å². The van der Waals surface area contributed by atoms with Crippen molar-refractivity contribution in [1.82, 2.24) is 0 Å². The van der Waals surface area contributed by atoms with Crippen LogP contribution in [0.25, 0.3) is 0 Å². The van der Waals surface area contributed by atoms with Crippen LogP contribution in [0.3, 0.4) is 0 Å². The number of hydrogen-bond acceptors (Lipinski definition) is 3. The minimum atomic E-state index is -0.221. The number of benzene rings is 3. The Morgan fingerprint density at radius 3 is 2.62 bits per heavy atom. The number of carbonyl (C=O) groups excluding carboxylic acids is 2. The lowest BCUT2D eigenvalue weighted by Crippen LogP contribution is -2.32. The minimum absolute atomic E-state index is 0.0464. The van der Waals surface area contributed by atoms with Crippen LogP contribution in [0.15, 0.2) is 76.5 Å². The number of hydrogen-bond donors (Lipinski definition) is 1. The number of anilines is 2. The second-order valence-corrected chi connectivity index (χ2v) is 8.67. The molecule has 6 heteroatoms. The van der Waals surface area contributed by atoms with Crippen molar-refractivity contribution in [2.45, 2.75) is 28.7 Å². The first-order chi connectivity index (χ1) is 14.1. The maximum Gasteiger partial charge on any atom is 0.259 e. The monoisotopic (exact) mass is 420 g/mol. The van der Waals surface area contributed by atoms with Crippen LogP contribution in [0, 0.1) is 0 Å². The van der Waals surface area contributed by atoms with E-state index in [1.54, 1.807) is 36.0 Å². The third-order valence-electron chi connectivity index (χ3n) is 5.03. The summed E-state index contributed by atoms with van der Waals surface area (Å²) in [5.74, 6) is -0.174. The number of carbonyl (C=O) groups is 2. The fourth-order valence-corrected chi connectivity index (χ4v) is 4.79. The summed E-state index contributed by atoms with van der Waals surface area (Å²) in [6.07, 6.45) is 2.04. The molecule has 0 radical (unpaired) electrons. The van der Waals surface area contributed by atoms with Gasteiger partial charge in [-0.15, -0.1) is 0 Å². The molecule has 1 N–H and O–H groups in total. The van der Waals surface area contributed by atoms with Crippen LogP contribution < -0.4 is 10.2 Å². The second-order valence-electron chi connectivity index (χ2n) is 7.15. The lowest BCUT2D eigenvalue weighted by atomic mass is 10.1. The average molecular weight is 421 g/mol. The molecule has 0 spiro atoms. The van der Waals surface area contributed by atoms with Gasteiger partial charge in [0.2, 0.25) is 0 Å². The van der Waals surface area contributed by atoms with Gasteiger partial charge in [-0.25, -0.2) is 0 Å². The first-order valence-corrected chi connectivity index (χ1v) is 10.6. The van der Waals surface area contributed by atoms with E-state index in [2.05, 4.69) is 5.32 Å². The van der Waals surface area contributed by atoms with Crippen LogP contribution in [-0.2, 0) is 0 Å². The molecule has 1 aliphatic carbocycles. The first kappa shape index (κ1) is 18.3. The number of nitrogens with zero attached hydrogens (tertiary/aromatic N) is 1. The van der Waals surface area contributed by atoms with Gasteiger partial charge in [-0.05, 0) is 61.4 Å². The van der Waals surface area contributed by atoms with E-state index < -0.39 is 0 Å². The van der Waals surface area contributed by atoms with Gasteiger partial charge in [0.1, 0.15) is 0 Å². The summed E-state index contributed by atoms with van der Waals surface area (Å²) in [6.45, 7) is 0. The molecule has 3 aromatic rings. The fraction of sp³-hybridized carbons (Fsp3) is 0.130. The van der Waals surface area contributed by atoms with Gasteiger partial charge in [-0.2, -0.15) is 0 Å². The maximum absolute atomic E-state index is 13.2. The molecule has 1 heterocycles. The lowest BCUT2D eigenvalue weighted by Gasteiger charge is -2.23. The van der Waals surface area contributed by atoms with E-state index in [-0.39, 0.29) is 17.9 Å². The molecule has 2 aliphatic rings. The van der Waals surface area contributed by atoms with Crippen LogP contribution in [-0.4, -0.2) is 17.9 Å². The Labute approximate surface area is 177 Å². The number of halogens is 1. The van der Waals surface area contributed by atoms with E-state index in [1.807, 2.05) is 47.4 Å². The predicted molar refractivity (Wildman–Crippen MR) is 116 cm³/mol. The highest BCUT2D eigenvalue weighted by Crippen LogP contribution is 2.46. The van der Waals surface area contributed by atoms with Gasteiger partial charge >= 0.3 is 0 Å². The molecule has 1 saturated carbocycles. The largest absolute Gasteiger partial charge is 0.322 e. The molecule has 0 bridgehead atoms. The molecule has 0 saturated heterocycles. The second kappa shape index (κ2) is 7.25. The lowest BCUT2D eigenvalue weighted by molar-refractivity contribution is 0.0981. The summed E-state index contributed by atoms with van der Waals surface area (Å²) in [5.41, 5.74) is 2.81. The Balaban J connectivity index is 1.51. The third kappa shape index (κ3) is 3.52. The van der Waals surface area contributed by atoms with E-state index in [4.69, 9.17) is 11.6 Å². The number of amides is 2. The van der Waals surface area contributed by atoms with Crippen LogP contribution >= 0.6 is 23.4 Å². The van der Waals surface area contributed by atoms with Crippen molar-refractivity contribution < 1.29 is 9.59 Å². The van der Waals surface area contributed by atoms with E-state index in [0.29, 0.717) is 16.3 Å². The zero-order chi connectivity index (χ0) is 20.0. The Bertz CT molecular complexity index is 1140. The Kier molecular flexibility index (Phi) is 4.57. The highest BCUT2D eigenvalue weighted by molar-refractivity contribution is 7.99. The number of nitrogens with one attached hydrogen (secondary N) is 1. The Morgan fingerprint density at radius 1 is 1.00 bits per heavy atom. The summed E-state index contributed by atoms with van der Waals surface area (Å²) in [6, 6.07) is 20.5. The zero-order valence-corrected chi connectivity index (χ0v) is 17.0. The summed E-state index contributed by atoms with van der Waals surface area (Å²) in [7, 11) is 0. The summed E-state index contributed by atoms with van der Waals surface area (Å²) in [4.78, 5) is 29.6. The minimum Gasteiger partial charge on any atom is -0.322 e. The van der Waals surface area contributed by atoms with Crippen LogP contribution in [0.5, 0.6) is 0 Å². The van der Waals surface area contributed by atoms with Crippen molar-refractivity contribution in [3.63, 3.8) is 0 Å². The van der Waals surface area contributed by atoms with E-state index in [1.165, 1.54) is 0 Å². The van der Waals surface area contributed by atoms with Gasteiger partial charge in [0.25, 0.3) is 11.8 Å². The molecule has 1 aliphatic heterocycles. The van der Waals surface area contributed by atoms with Gasteiger partial charge in [0.15, 0.2) is 0 Å². The van der Waals surface area contributed by atoms with Crippen LogP contribution in [0.2, 0.25) is 5.02 Å². The summed E-state index contributed by atoms with van der Waals surface area (Å²) >= 11 is 7.56. The van der Waals surface area contributed by atoms with Gasteiger partial charge in [0.05, 0.1) is 11.3 Å². The van der Waals surface area contributed by atoms with Gasteiger partial charge in [0, 0.05) is 32.1 Å². The van der Waals surface area contributed by atoms with Crippen LogP contribution in [0.1, 0.15) is 33.6 Å². The van der Waals surface area contributed by atoms with Crippen molar-refractivity contribution >= 4 is 46.6 Å². The smallest absolute Gasteiger partial charge is 0.259 e. The summed E-state index contributed by atoms with van der Waals surface area (Å²) < 4.78 is 0. The molecule has 4 nitrogen and oxygen atoms in total. The predicted octanol–water partition coefficient (Wildman–Crippen LogP) is 5.87. The van der Waals surface area contributed by atoms with Crippen molar-refractivity contribution in [3.8, 4) is 0 Å². The Morgan fingerprint density at radius 2 is 1.83 bits per heavy atom. The van der Waals surface area contributed by atoms with Gasteiger partial charge < -0.3 is 10.2 Å². The highest BCUT2D eigenvalue weighted by atomic mass is 35.5. The molecular formula is C23H17ClN2O2S. The van der Waals surface area contributed by atoms with Gasteiger partial charge in [-0.1, -0.05) is 41.6 Å². The van der Waals surface area contributed by atoms with Crippen molar-refractivity contribution in [3.05, 3.63) is 82.9 Å². The average Bonchev–Trinajstić information content (AvgIpc) is 3.55. The quantitative estimate of drug-likeness (QED) is 0.576. The molecular weight excluding hydrogens is 404 g/mol. The molecule has 0 aromatic heterocycles. The summed E-state index contributed by atoms with van der Waals surface area (Å²) in [5, 5.41) is 3.46. The fourth-order valence-electron chi connectivity index (χ4n) is 3.49. The molecule has 2 amide bonds. The van der Waals surface area contributed by atoms with Crippen molar-refractivity contribution in [2.75, 3.05) is 10.2 Å². The SMILES string of the molecule is O=C(Nc1ccc2c(c1)Sc1ccccc1C(=O)N2C1CC1)c1cccc(Cl)c1. The number of rotatable bonds is 3.